The minimum atomic E-state index is -2.84. The number of fused-ring (bicyclic) bond motifs is 1. The summed E-state index contributed by atoms with van der Waals surface area (Å²) < 4.78 is 23.4. The molecule has 114 valence electrons. The average molecular weight is 311 g/mol. The highest BCUT2D eigenvalue weighted by Gasteiger charge is 2.38. The third-order valence-corrected chi connectivity index (χ3v) is 6.30. The maximum Gasteiger partial charge on any atom is 0.151 e. The van der Waals surface area contributed by atoms with Crippen LogP contribution >= 0.6 is 12.4 Å². The van der Waals surface area contributed by atoms with Gasteiger partial charge in [0.1, 0.15) is 0 Å². The zero-order chi connectivity index (χ0) is 13.2. The zero-order valence-corrected chi connectivity index (χ0v) is 13.4. The SMILES string of the molecule is CCCS(=O)(=O)CCN1CC2CCCC(N)C2C1.Cl. The Kier molecular flexibility index (Phi) is 6.57. The molecule has 3 unspecified atom stereocenters. The molecule has 2 fully saturated rings. The molecule has 4 nitrogen and oxygen atoms in total. The van der Waals surface area contributed by atoms with Crippen LogP contribution in [-0.2, 0) is 9.84 Å². The molecular weight excluding hydrogens is 284 g/mol. The summed E-state index contributed by atoms with van der Waals surface area (Å²) in [5, 5.41) is 0. The highest BCUT2D eigenvalue weighted by molar-refractivity contribution is 7.91. The van der Waals surface area contributed by atoms with Crippen LogP contribution in [0.4, 0.5) is 0 Å². The number of likely N-dealkylation sites (tertiary alicyclic amines) is 1. The molecule has 1 saturated carbocycles. The molecule has 0 aromatic heterocycles. The van der Waals surface area contributed by atoms with Gasteiger partial charge in [0.15, 0.2) is 9.84 Å². The van der Waals surface area contributed by atoms with Gasteiger partial charge in [0.05, 0.1) is 5.75 Å². The number of nitrogens with zero attached hydrogens (tertiary/aromatic N) is 1. The lowest BCUT2D eigenvalue weighted by atomic mass is 9.78. The van der Waals surface area contributed by atoms with Crippen molar-refractivity contribution in [3.8, 4) is 0 Å². The lowest BCUT2D eigenvalue weighted by Gasteiger charge is -2.29. The first kappa shape index (κ1) is 17.2. The van der Waals surface area contributed by atoms with Crippen molar-refractivity contribution in [2.75, 3.05) is 31.1 Å². The summed E-state index contributed by atoms with van der Waals surface area (Å²) in [6.07, 6.45) is 4.38. The van der Waals surface area contributed by atoms with Crippen molar-refractivity contribution in [1.82, 2.24) is 4.90 Å². The molecule has 2 rings (SSSR count). The predicted molar refractivity (Wildman–Crippen MR) is 81.4 cm³/mol. The molecule has 1 aliphatic heterocycles. The zero-order valence-electron chi connectivity index (χ0n) is 11.8. The van der Waals surface area contributed by atoms with Crippen LogP contribution in [0, 0.1) is 11.8 Å². The Bertz CT molecular complexity index is 375. The Morgan fingerprint density at radius 3 is 2.58 bits per heavy atom. The number of halogens is 1. The van der Waals surface area contributed by atoms with E-state index in [4.69, 9.17) is 5.73 Å². The fourth-order valence-corrected chi connectivity index (χ4v) is 4.84. The van der Waals surface area contributed by atoms with Crippen molar-refractivity contribution in [2.45, 2.75) is 38.6 Å². The van der Waals surface area contributed by atoms with E-state index >= 15 is 0 Å². The second-order valence-corrected chi connectivity index (χ2v) is 8.23. The van der Waals surface area contributed by atoms with Gasteiger partial charge in [0.2, 0.25) is 0 Å². The third kappa shape index (κ3) is 4.59. The lowest BCUT2D eigenvalue weighted by molar-refractivity contribution is 0.259. The predicted octanol–water partition coefficient (Wildman–Crippen LogP) is 1.29. The van der Waals surface area contributed by atoms with Crippen molar-refractivity contribution in [2.24, 2.45) is 17.6 Å². The molecule has 0 bridgehead atoms. The first-order valence-corrected chi connectivity index (χ1v) is 9.02. The van der Waals surface area contributed by atoms with E-state index in [2.05, 4.69) is 4.90 Å². The molecule has 1 saturated heterocycles. The number of rotatable bonds is 5. The van der Waals surface area contributed by atoms with Crippen molar-refractivity contribution in [3.63, 3.8) is 0 Å². The van der Waals surface area contributed by atoms with E-state index in [0.29, 0.717) is 35.9 Å². The van der Waals surface area contributed by atoms with Crippen molar-refractivity contribution >= 4 is 22.2 Å². The summed E-state index contributed by atoms with van der Waals surface area (Å²) in [5.74, 6) is 1.96. The molecule has 1 aliphatic carbocycles. The fourth-order valence-electron chi connectivity index (χ4n) is 3.47. The summed E-state index contributed by atoms with van der Waals surface area (Å²) >= 11 is 0. The topological polar surface area (TPSA) is 63.4 Å². The first-order valence-electron chi connectivity index (χ1n) is 7.20. The Balaban J connectivity index is 0.00000180. The van der Waals surface area contributed by atoms with Crippen LogP contribution in [0.25, 0.3) is 0 Å². The monoisotopic (exact) mass is 310 g/mol. The molecule has 19 heavy (non-hydrogen) atoms. The molecule has 2 aliphatic rings. The molecule has 0 radical (unpaired) electrons. The molecule has 2 N–H and O–H groups in total. The maximum absolute atomic E-state index is 11.7. The molecule has 0 spiro atoms. The van der Waals surface area contributed by atoms with E-state index in [1.54, 1.807) is 0 Å². The van der Waals surface area contributed by atoms with Crippen LogP contribution in [0.15, 0.2) is 0 Å². The van der Waals surface area contributed by atoms with Crippen molar-refractivity contribution in [3.05, 3.63) is 0 Å². The summed E-state index contributed by atoms with van der Waals surface area (Å²) in [5.41, 5.74) is 6.17. The lowest BCUT2D eigenvalue weighted by Crippen LogP contribution is -2.38. The van der Waals surface area contributed by atoms with Crippen LogP contribution in [0.3, 0.4) is 0 Å². The van der Waals surface area contributed by atoms with E-state index in [-0.39, 0.29) is 12.4 Å². The second kappa shape index (κ2) is 7.25. The summed E-state index contributed by atoms with van der Waals surface area (Å²) in [7, 11) is -2.84. The number of hydrogen-bond donors (Lipinski definition) is 1. The van der Waals surface area contributed by atoms with Crippen molar-refractivity contribution < 1.29 is 8.42 Å². The Labute approximate surface area is 123 Å². The second-order valence-electron chi connectivity index (χ2n) is 5.93. The summed E-state index contributed by atoms with van der Waals surface area (Å²) in [6.45, 7) is 4.68. The number of nitrogens with two attached hydrogens (primary N) is 1. The largest absolute Gasteiger partial charge is 0.327 e. The molecule has 0 amide bonds. The van der Waals surface area contributed by atoms with Gasteiger partial charge in [-0.25, -0.2) is 8.42 Å². The van der Waals surface area contributed by atoms with Gasteiger partial charge in [-0.1, -0.05) is 13.3 Å². The van der Waals surface area contributed by atoms with Crippen LogP contribution in [0.1, 0.15) is 32.6 Å². The number of sulfone groups is 1. The minimum Gasteiger partial charge on any atom is -0.327 e. The Morgan fingerprint density at radius 1 is 1.21 bits per heavy atom. The highest BCUT2D eigenvalue weighted by Crippen LogP contribution is 2.35. The highest BCUT2D eigenvalue weighted by atomic mass is 35.5. The van der Waals surface area contributed by atoms with E-state index in [9.17, 15) is 8.42 Å². The van der Waals surface area contributed by atoms with E-state index in [1.165, 1.54) is 12.8 Å². The molecule has 3 atom stereocenters. The molecule has 1 heterocycles. The van der Waals surface area contributed by atoms with Crippen LogP contribution in [0.5, 0.6) is 0 Å². The van der Waals surface area contributed by atoms with Gasteiger partial charge in [-0.05, 0) is 31.1 Å². The van der Waals surface area contributed by atoms with Gasteiger partial charge in [-0.2, -0.15) is 0 Å². The molecular formula is C13H27ClN2O2S. The van der Waals surface area contributed by atoms with E-state index in [0.717, 1.165) is 25.9 Å². The molecule has 0 aromatic carbocycles. The van der Waals surface area contributed by atoms with E-state index in [1.807, 2.05) is 6.92 Å². The van der Waals surface area contributed by atoms with Gasteiger partial charge < -0.3 is 10.6 Å². The normalized spacial score (nSPS) is 31.8. The maximum atomic E-state index is 11.7. The first-order chi connectivity index (χ1) is 8.52. The molecule has 0 aromatic rings. The third-order valence-electron chi connectivity index (χ3n) is 4.46. The summed E-state index contributed by atoms with van der Waals surface area (Å²) in [6, 6.07) is 0.334. The smallest absolute Gasteiger partial charge is 0.151 e. The van der Waals surface area contributed by atoms with Gasteiger partial charge >= 0.3 is 0 Å². The summed E-state index contributed by atoms with van der Waals surface area (Å²) in [4.78, 5) is 2.31. The minimum absolute atomic E-state index is 0. The fraction of sp³-hybridized carbons (Fsp3) is 1.00. The van der Waals surface area contributed by atoms with E-state index < -0.39 is 9.84 Å². The Hall–Kier alpha value is 0.160. The van der Waals surface area contributed by atoms with Gasteiger partial charge in [0.25, 0.3) is 0 Å². The van der Waals surface area contributed by atoms with Gasteiger partial charge in [-0.15, -0.1) is 12.4 Å². The van der Waals surface area contributed by atoms with Crippen molar-refractivity contribution in [1.29, 1.82) is 0 Å². The van der Waals surface area contributed by atoms with Crippen LogP contribution in [-0.4, -0.2) is 50.5 Å². The van der Waals surface area contributed by atoms with Gasteiger partial charge in [0, 0.05) is 31.4 Å². The molecule has 6 heteroatoms. The van der Waals surface area contributed by atoms with Crippen LogP contribution < -0.4 is 5.73 Å². The number of hydrogen-bond acceptors (Lipinski definition) is 4. The Morgan fingerprint density at radius 2 is 1.95 bits per heavy atom. The standard InChI is InChI=1S/C13H26N2O2S.ClH/c1-2-7-18(16,17)8-6-15-9-11-4-3-5-13(14)12(11)10-15;/h11-13H,2-10,14H2,1H3;1H. The van der Waals surface area contributed by atoms with Gasteiger partial charge in [-0.3, -0.25) is 0 Å². The quantitative estimate of drug-likeness (QED) is 0.831. The van der Waals surface area contributed by atoms with Crippen LogP contribution in [0.2, 0.25) is 0 Å². The average Bonchev–Trinajstić information content (AvgIpc) is 2.71.